The average Bonchev–Trinajstić information content (AvgIpc) is 2.84. The van der Waals surface area contributed by atoms with E-state index in [1.165, 1.54) is 24.3 Å². The van der Waals surface area contributed by atoms with Crippen molar-refractivity contribution in [2.24, 2.45) is 5.92 Å². The molecule has 3 aromatic carbocycles. The van der Waals surface area contributed by atoms with Crippen LogP contribution in [-0.2, 0) is 32.1 Å². The van der Waals surface area contributed by atoms with Crippen molar-refractivity contribution in [1.29, 1.82) is 0 Å². The van der Waals surface area contributed by atoms with Crippen LogP contribution in [-0.4, -0.2) is 18.4 Å². The van der Waals surface area contributed by atoms with Gasteiger partial charge in [0.15, 0.2) is 0 Å². The number of Topliss-reactive ketones (excluding diaryl/α,β-unsaturated/α-hetero) is 1. The second-order valence-corrected chi connectivity index (χ2v) is 8.91. The maximum Gasteiger partial charge on any atom is 0.416 e. The molecule has 2 atom stereocenters. The fourth-order valence-corrected chi connectivity index (χ4v) is 5.22. The highest BCUT2D eigenvalue weighted by Crippen LogP contribution is 2.62. The van der Waals surface area contributed by atoms with E-state index >= 15 is 0 Å². The van der Waals surface area contributed by atoms with Gasteiger partial charge in [-0.05, 0) is 54.3 Å². The molecule has 0 heterocycles. The molecular formula is C28H22F6O3. The topological polar surface area (TPSA) is 43.4 Å². The number of esters is 1. The van der Waals surface area contributed by atoms with Gasteiger partial charge < -0.3 is 4.74 Å². The van der Waals surface area contributed by atoms with Crippen molar-refractivity contribution in [2.75, 3.05) is 6.61 Å². The normalized spacial score (nSPS) is 19.1. The largest absolute Gasteiger partial charge is 0.460 e. The minimum Gasteiger partial charge on any atom is -0.460 e. The molecule has 0 saturated heterocycles. The first-order chi connectivity index (χ1) is 17.4. The summed E-state index contributed by atoms with van der Waals surface area (Å²) in [6.45, 7) is 1.53. The molecule has 1 aliphatic carbocycles. The summed E-state index contributed by atoms with van der Waals surface area (Å²) in [7, 11) is 0. The summed E-state index contributed by atoms with van der Waals surface area (Å²) < 4.78 is 84.4. The highest BCUT2D eigenvalue weighted by Gasteiger charge is 2.60. The molecular weight excluding hydrogens is 498 g/mol. The van der Waals surface area contributed by atoms with Crippen molar-refractivity contribution in [3.05, 3.63) is 107 Å². The number of alkyl halides is 6. The van der Waals surface area contributed by atoms with Gasteiger partial charge >= 0.3 is 18.3 Å². The minimum atomic E-state index is -4.58. The molecule has 37 heavy (non-hydrogen) atoms. The number of halogens is 6. The predicted octanol–water partition coefficient (Wildman–Crippen LogP) is 6.95. The number of hydrogen-bond donors (Lipinski definition) is 0. The Hall–Kier alpha value is -3.62. The lowest BCUT2D eigenvalue weighted by Crippen LogP contribution is -2.54. The van der Waals surface area contributed by atoms with Gasteiger partial charge in [0, 0.05) is 17.3 Å². The Bertz CT molecular complexity index is 1210. The molecule has 0 bridgehead atoms. The van der Waals surface area contributed by atoms with Crippen molar-refractivity contribution < 1.29 is 40.7 Å². The van der Waals surface area contributed by atoms with Gasteiger partial charge in [0.05, 0.1) is 17.7 Å². The Labute approximate surface area is 209 Å². The first-order valence-corrected chi connectivity index (χ1v) is 11.5. The first kappa shape index (κ1) is 26.4. The van der Waals surface area contributed by atoms with Crippen molar-refractivity contribution in [2.45, 2.75) is 37.0 Å². The number of ether oxygens (including phenoxy) is 1. The van der Waals surface area contributed by atoms with E-state index in [4.69, 9.17) is 4.74 Å². The number of rotatable bonds is 6. The summed E-state index contributed by atoms with van der Waals surface area (Å²) in [4.78, 5) is 25.4. The Balaban J connectivity index is 1.90. The van der Waals surface area contributed by atoms with E-state index < -0.39 is 52.5 Å². The molecule has 194 valence electrons. The summed E-state index contributed by atoms with van der Waals surface area (Å²) in [5.41, 5.74) is -1.52. The Morgan fingerprint density at radius 1 is 0.784 bits per heavy atom. The molecule has 3 aromatic rings. The lowest BCUT2D eigenvalue weighted by Gasteiger charge is -2.55. The molecule has 0 amide bonds. The molecule has 0 aliphatic heterocycles. The van der Waals surface area contributed by atoms with E-state index in [0.29, 0.717) is 16.7 Å². The Morgan fingerprint density at radius 2 is 1.24 bits per heavy atom. The zero-order valence-electron chi connectivity index (χ0n) is 19.6. The maximum absolute atomic E-state index is 13.3. The van der Waals surface area contributed by atoms with E-state index in [1.54, 1.807) is 37.3 Å². The van der Waals surface area contributed by atoms with E-state index in [0.717, 1.165) is 24.3 Å². The number of benzene rings is 3. The molecule has 3 nitrogen and oxygen atoms in total. The molecule has 0 aromatic heterocycles. The van der Waals surface area contributed by atoms with E-state index in [-0.39, 0.29) is 13.0 Å². The highest BCUT2D eigenvalue weighted by molar-refractivity contribution is 6.35. The minimum absolute atomic E-state index is 0.000930. The van der Waals surface area contributed by atoms with Gasteiger partial charge in [-0.15, -0.1) is 0 Å². The molecule has 9 heteroatoms. The third-order valence-corrected chi connectivity index (χ3v) is 6.90. The van der Waals surface area contributed by atoms with Gasteiger partial charge in [0.2, 0.25) is 5.78 Å². The van der Waals surface area contributed by atoms with Gasteiger partial charge in [0.25, 0.3) is 0 Å². The Kier molecular flexibility index (Phi) is 6.92. The number of hydrogen-bond acceptors (Lipinski definition) is 3. The summed E-state index contributed by atoms with van der Waals surface area (Å²) in [6.07, 6.45) is -9.16. The molecule has 1 fully saturated rings. The van der Waals surface area contributed by atoms with Crippen LogP contribution in [0.15, 0.2) is 78.9 Å². The molecule has 0 spiro atoms. The highest BCUT2D eigenvalue weighted by atomic mass is 19.4. The van der Waals surface area contributed by atoms with Gasteiger partial charge in [-0.3, -0.25) is 4.79 Å². The molecule has 1 aliphatic rings. The fraction of sp³-hybridized carbons (Fsp3) is 0.286. The van der Waals surface area contributed by atoms with Crippen molar-refractivity contribution >= 4 is 11.8 Å². The van der Waals surface area contributed by atoms with E-state index in [1.807, 2.05) is 0 Å². The Morgan fingerprint density at radius 3 is 1.65 bits per heavy atom. The monoisotopic (exact) mass is 520 g/mol. The molecule has 0 unspecified atom stereocenters. The van der Waals surface area contributed by atoms with E-state index in [9.17, 15) is 35.9 Å². The molecule has 4 rings (SSSR count). The van der Waals surface area contributed by atoms with Gasteiger partial charge in [-0.2, -0.15) is 26.3 Å². The third kappa shape index (κ3) is 4.86. The van der Waals surface area contributed by atoms with Crippen molar-refractivity contribution in [3.63, 3.8) is 0 Å². The summed E-state index contributed by atoms with van der Waals surface area (Å²) in [5.74, 6) is -3.43. The summed E-state index contributed by atoms with van der Waals surface area (Å²) in [6, 6.07) is 17.3. The average molecular weight is 520 g/mol. The first-order valence-electron chi connectivity index (χ1n) is 11.5. The van der Waals surface area contributed by atoms with Crippen LogP contribution in [0.4, 0.5) is 26.3 Å². The molecule has 0 radical (unpaired) electrons. The standard InChI is InChI=1S/C28H22F6O3/c1-2-37-25(36)24(35)22-16-26(23(22)17-6-4-3-5-7-17,18-8-12-20(13-9-18)27(29,30)31)19-10-14-21(15-11-19)28(32,33)34/h3-15,22-23H,2,16H2,1H3/t22-,23+/m1/s1. The zero-order valence-corrected chi connectivity index (χ0v) is 19.6. The quantitative estimate of drug-likeness (QED) is 0.201. The van der Waals surface area contributed by atoms with Crippen LogP contribution in [0.3, 0.4) is 0 Å². The third-order valence-electron chi connectivity index (χ3n) is 6.90. The molecule has 1 saturated carbocycles. The predicted molar refractivity (Wildman–Crippen MR) is 123 cm³/mol. The molecule has 0 N–H and O–H groups in total. The van der Waals surface area contributed by atoms with Gasteiger partial charge in [0.1, 0.15) is 0 Å². The van der Waals surface area contributed by atoms with E-state index in [2.05, 4.69) is 0 Å². The lowest BCUT2D eigenvalue weighted by molar-refractivity contribution is -0.158. The van der Waals surface area contributed by atoms with Gasteiger partial charge in [-0.25, -0.2) is 4.79 Å². The van der Waals surface area contributed by atoms with Crippen LogP contribution in [0.25, 0.3) is 0 Å². The number of carbonyl (C=O) groups excluding carboxylic acids is 2. The SMILES string of the molecule is CCOC(=O)C(=O)[C@@H]1CC(c2ccc(C(F)(F)F)cc2)(c2ccc(C(F)(F)F)cc2)[C@H]1c1ccccc1. The lowest BCUT2D eigenvalue weighted by atomic mass is 9.46. The smallest absolute Gasteiger partial charge is 0.416 e. The van der Waals surface area contributed by atoms with Crippen LogP contribution in [0.1, 0.15) is 47.1 Å². The van der Waals surface area contributed by atoms with Crippen molar-refractivity contribution in [3.8, 4) is 0 Å². The second-order valence-electron chi connectivity index (χ2n) is 8.91. The fourth-order valence-electron chi connectivity index (χ4n) is 5.22. The van der Waals surface area contributed by atoms with Crippen LogP contribution < -0.4 is 0 Å². The van der Waals surface area contributed by atoms with Crippen LogP contribution >= 0.6 is 0 Å². The van der Waals surface area contributed by atoms with Gasteiger partial charge in [-0.1, -0.05) is 54.6 Å². The van der Waals surface area contributed by atoms with Crippen LogP contribution in [0.5, 0.6) is 0 Å². The van der Waals surface area contributed by atoms with Crippen LogP contribution in [0, 0.1) is 5.92 Å². The van der Waals surface area contributed by atoms with Crippen LogP contribution in [0.2, 0.25) is 0 Å². The summed E-state index contributed by atoms with van der Waals surface area (Å²) in [5, 5.41) is 0. The zero-order chi connectivity index (χ0) is 27.0. The van der Waals surface area contributed by atoms with Crippen molar-refractivity contribution in [1.82, 2.24) is 0 Å². The maximum atomic E-state index is 13.3. The number of ketones is 1. The second kappa shape index (κ2) is 9.68. The summed E-state index contributed by atoms with van der Waals surface area (Å²) >= 11 is 0. The number of carbonyl (C=O) groups is 2.